The first-order chi connectivity index (χ1) is 12.7. The van der Waals surface area contributed by atoms with Gasteiger partial charge in [0.15, 0.2) is 11.5 Å². The van der Waals surface area contributed by atoms with E-state index in [9.17, 15) is 18.0 Å². The van der Waals surface area contributed by atoms with Crippen LogP contribution in [-0.4, -0.2) is 31.6 Å². The maximum Gasteiger partial charge on any atom is 0.416 e. The van der Waals surface area contributed by atoms with Gasteiger partial charge in [-0.1, -0.05) is 12.1 Å². The maximum atomic E-state index is 13.0. The zero-order valence-electron chi connectivity index (χ0n) is 15.6. The van der Waals surface area contributed by atoms with E-state index in [0.29, 0.717) is 29.2 Å². The van der Waals surface area contributed by atoms with Gasteiger partial charge in [-0.05, 0) is 49.7 Å². The van der Waals surface area contributed by atoms with E-state index >= 15 is 0 Å². The van der Waals surface area contributed by atoms with E-state index in [4.69, 9.17) is 9.47 Å². The molecule has 0 saturated heterocycles. The Morgan fingerprint density at radius 2 is 1.74 bits per heavy atom. The molecule has 27 heavy (non-hydrogen) atoms. The summed E-state index contributed by atoms with van der Waals surface area (Å²) < 4.78 is 49.3. The van der Waals surface area contributed by atoms with Gasteiger partial charge in [-0.2, -0.15) is 13.2 Å². The molecule has 0 radical (unpaired) electrons. The van der Waals surface area contributed by atoms with Crippen LogP contribution in [-0.2, 0) is 6.18 Å². The number of alkyl halides is 3. The molecule has 1 unspecified atom stereocenters. The Morgan fingerprint density at radius 1 is 1.07 bits per heavy atom. The highest BCUT2D eigenvalue weighted by Crippen LogP contribution is 2.33. The van der Waals surface area contributed by atoms with Crippen LogP contribution in [0.25, 0.3) is 0 Å². The number of hydrogen-bond acceptors (Lipinski definition) is 3. The molecular formula is C20H22F3NO3. The number of carbonyl (C=O) groups excluding carboxylic acids is 1. The Kier molecular flexibility index (Phi) is 6.36. The average molecular weight is 381 g/mol. The molecule has 146 valence electrons. The predicted octanol–water partition coefficient (Wildman–Crippen LogP) is 4.95. The van der Waals surface area contributed by atoms with Gasteiger partial charge in [0, 0.05) is 12.1 Å². The van der Waals surface area contributed by atoms with Crippen molar-refractivity contribution in [3.63, 3.8) is 0 Å². The minimum absolute atomic E-state index is 0.302. The van der Waals surface area contributed by atoms with Gasteiger partial charge in [-0.25, -0.2) is 0 Å². The fraction of sp³-hybridized carbons (Fsp3) is 0.350. The number of nitrogens with zero attached hydrogens (tertiary/aromatic N) is 1. The molecule has 0 aliphatic rings. The van der Waals surface area contributed by atoms with Crippen LogP contribution in [0.2, 0.25) is 0 Å². The molecule has 2 aromatic rings. The number of methoxy groups -OCH3 is 2. The van der Waals surface area contributed by atoms with Crippen LogP contribution in [0.5, 0.6) is 11.5 Å². The SMILES string of the molecule is CCN(C(=O)c1ccc(OC)c(OC)c1)C(C)c1cccc(C(F)(F)F)c1. The number of carbonyl (C=O) groups is 1. The zero-order valence-corrected chi connectivity index (χ0v) is 15.6. The van der Waals surface area contributed by atoms with E-state index < -0.39 is 17.8 Å². The van der Waals surface area contributed by atoms with Gasteiger partial charge in [0.05, 0.1) is 25.8 Å². The van der Waals surface area contributed by atoms with Gasteiger partial charge >= 0.3 is 6.18 Å². The third-order valence-electron chi connectivity index (χ3n) is 4.40. The Hall–Kier alpha value is -2.70. The van der Waals surface area contributed by atoms with Crippen molar-refractivity contribution in [1.29, 1.82) is 0 Å². The molecule has 7 heteroatoms. The van der Waals surface area contributed by atoms with Crippen molar-refractivity contribution in [2.24, 2.45) is 0 Å². The van der Waals surface area contributed by atoms with Crippen molar-refractivity contribution in [2.45, 2.75) is 26.1 Å². The molecule has 0 aromatic heterocycles. The molecule has 0 aliphatic carbocycles. The van der Waals surface area contributed by atoms with E-state index in [1.165, 1.54) is 25.2 Å². The van der Waals surface area contributed by atoms with Gasteiger partial charge in [-0.3, -0.25) is 4.79 Å². The van der Waals surface area contributed by atoms with E-state index in [-0.39, 0.29) is 5.91 Å². The van der Waals surface area contributed by atoms with Crippen molar-refractivity contribution in [2.75, 3.05) is 20.8 Å². The van der Waals surface area contributed by atoms with Crippen LogP contribution < -0.4 is 9.47 Å². The van der Waals surface area contributed by atoms with Crippen LogP contribution in [0.1, 0.15) is 41.4 Å². The second kappa shape index (κ2) is 8.33. The van der Waals surface area contributed by atoms with Gasteiger partial charge in [-0.15, -0.1) is 0 Å². The molecule has 0 saturated carbocycles. The minimum atomic E-state index is -4.43. The van der Waals surface area contributed by atoms with E-state index in [0.717, 1.165) is 12.1 Å². The van der Waals surface area contributed by atoms with Crippen LogP contribution >= 0.6 is 0 Å². The highest BCUT2D eigenvalue weighted by atomic mass is 19.4. The molecule has 0 bridgehead atoms. The third-order valence-corrected chi connectivity index (χ3v) is 4.40. The highest BCUT2D eigenvalue weighted by molar-refractivity contribution is 5.95. The fourth-order valence-corrected chi connectivity index (χ4v) is 2.88. The molecule has 1 atom stereocenters. The Morgan fingerprint density at radius 3 is 2.30 bits per heavy atom. The van der Waals surface area contributed by atoms with Gasteiger partial charge in [0.2, 0.25) is 0 Å². The van der Waals surface area contributed by atoms with Crippen molar-refractivity contribution in [3.8, 4) is 11.5 Å². The summed E-state index contributed by atoms with van der Waals surface area (Å²) in [5.74, 6) is 0.595. The van der Waals surface area contributed by atoms with Crippen LogP contribution in [0, 0.1) is 0 Å². The van der Waals surface area contributed by atoms with Crippen LogP contribution in [0.15, 0.2) is 42.5 Å². The van der Waals surface area contributed by atoms with Crippen molar-refractivity contribution in [3.05, 3.63) is 59.2 Å². The predicted molar refractivity (Wildman–Crippen MR) is 96.1 cm³/mol. The second-order valence-electron chi connectivity index (χ2n) is 5.96. The lowest BCUT2D eigenvalue weighted by atomic mass is 10.0. The summed E-state index contributed by atoms with van der Waals surface area (Å²) >= 11 is 0. The largest absolute Gasteiger partial charge is 0.493 e. The van der Waals surface area contributed by atoms with E-state index in [1.54, 1.807) is 38.1 Å². The number of amides is 1. The highest BCUT2D eigenvalue weighted by Gasteiger charge is 2.31. The monoisotopic (exact) mass is 381 g/mol. The van der Waals surface area contributed by atoms with Crippen molar-refractivity contribution in [1.82, 2.24) is 4.90 Å². The lowest BCUT2D eigenvalue weighted by molar-refractivity contribution is -0.137. The summed E-state index contributed by atoms with van der Waals surface area (Å²) in [6, 6.07) is 9.28. The lowest BCUT2D eigenvalue weighted by Crippen LogP contribution is -2.33. The first kappa shape index (κ1) is 20.6. The molecule has 0 heterocycles. The van der Waals surface area contributed by atoms with Crippen LogP contribution in [0.4, 0.5) is 13.2 Å². The standard InChI is InChI=1S/C20H22F3NO3/c1-5-24(13(2)14-7-6-8-16(11-14)20(21,22)23)19(25)15-9-10-17(26-3)18(12-15)27-4/h6-13H,5H2,1-4H3. The number of rotatable bonds is 6. The first-order valence-electron chi connectivity index (χ1n) is 8.43. The minimum Gasteiger partial charge on any atom is -0.493 e. The fourth-order valence-electron chi connectivity index (χ4n) is 2.88. The molecule has 1 amide bonds. The summed E-state index contributed by atoms with van der Waals surface area (Å²) in [4.78, 5) is 14.5. The Labute approximate surface area is 156 Å². The van der Waals surface area contributed by atoms with E-state index in [1.807, 2.05) is 0 Å². The first-order valence-corrected chi connectivity index (χ1v) is 8.43. The number of ether oxygens (including phenoxy) is 2. The zero-order chi connectivity index (χ0) is 20.2. The molecule has 4 nitrogen and oxygen atoms in total. The summed E-state index contributed by atoms with van der Waals surface area (Å²) in [7, 11) is 2.96. The summed E-state index contributed by atoms with van der Waals surface area (Å²) in [5, 5.41) is 0. The quantitative estimate of drug-likeness (QED) is 0.711. The van der Waals surface area contributed by atoms with Crippen molar-refractivity contribution < 1.29 is 27.4 Å². The molecular weight excluding hydrogens is 359 g/mol. The average Bonchev–Trinajstić information content (AvgIpc) is 2.67. The van der Waals surface area contributed by atoms with E-state index in [2.05, 4.69) is 0 Å². The second-order valence-corrected chi connectivity index (χ2v) is 5.96. The van der Waals surface area contributed by atoms with Gasteiger partial charge in [0.25, 0.3) is 5.91 Å². The molecule has 0 spiro atoms. The maximum absolute atomic E-state index is 13.0. The topological polar surface area (TPSA) is 38.8 Å². The number of halogens is 3. The Balaban J connectivity index is 2.34. The lowest BCUT2D eigenvalue weighted by Gasteiger charge is -2.29. The summed E-state index contributed by atoms with van der Waals surface area (Å²) in [5.41, 5.74) is 0.0512. The van der Waals surface area contributed by atoms with Crippen LogP contribution in [0.3, 0.4) is 0 Å². The molecule has 2 aromatic carbocycles. The molecule has 0 fully saturated rings. The smallest absolute Gasteiger partial charge is 0.416 e. The molecule has 2 rings (SSSR count). The summed E-state index contributed by atoms with van der Waals surface area (Å²) in [6.07, 6.45) is -4.43. The normalized spacial score (nSPS) is 12.4. The summed E-state index contributed by atoms with van der Waals surface area (Å²) in [6.45, 7) is 3.82. The third kappa shape index (κ3) is 4.53. The van der Waals surface area contributed by atoms with Crippen molar-refractivity contribution >= 4 is 5.91 Å². The Bertz CT molecular complexity index is 805. The number of benzene rings is 2. The number of hydrogen-bond donors (Lipinski definition) is 0. The molecule has 0 aliphatic heterocycles. The van der Waals surface area contributed by atoms with Gasteiger partial charge in [0.1, 0.15) is 0 Å². The molecule has 0 N–H and O–H groups in total. The van der Waals surface area contributed by atoms with Gasteiger partial charge < -0.3 is 14.4 Å².